The van der Waals surface area contributed by atoms with Gasteiger partial charge in [0.25, 0.3) is 5.91 Å². The van der Waals surface area contributed by atoms with Gasteiger partial charge in [0.05, 0.1) is 26.2 Å². The Morgan fingerprint density at radius 3 is 2.20 bits per heavy atom. The monoisotopic (exact) mass is 491 g/mol. The van der Waals surface area contributed by atoms with Crippen LogP contribution < -0.4 is 5.32 Å². The van der Waals surface area contributed by atoms with Crippen molar-refractivity contribution in [1.82, 2.24) is 5.32 Å². The maximum Gasteiger partial charge on any atom is 0.348 e. The van der Waals surface area contributed by atoms with Crippen LogP contribution in [0.15, 0.2) is 77.5 Å². The number of nitrogens with zero attached hydrogens (tertiary/aromatic N) is 1. The van der Waals surface area contributed by atoms with Crippen LogP contribution in [0.25, 0.3) is 0 Å². The second-order valence-corrected chi connectivity index (χ2v) is 10.5. The SMILES string of the molecule is O=C(NCC[N+]12CCC(CC1)[C@@H](OC(=O)C(O)(c1ccccc1)c1ccccc1)C2)c1ccsc1. The number of nitrogens with one attached hydrogen (secondary N) is 1. The highest BCUT2D eigenvalue weighted by Gasteiger charge is 2.50. The Labute approximate surface area is 209 Å². The smallest absolute Gasteiger partial charge is 0.348 e. The molecule has 1 aromatic heterocycles. The van der Waals surface area contributed by atoms with Crippen molar-refractivity contribution >= 4 is 23.2 Å². The molecule has 1 atom stereocenters. The fourth-order valence-electron chi connectivity index (χ4n) is 5.56. The van der Waals surface area contributed by atoms with Crippen molar-refractivity contribution < 1.29 is 23.9 Å². The summed E-state index contributed by atoms with van der Waals surface area (Å²) < 4.78 is 6.95. The van der Waals surface area contributed by atoms with Gasteiger partial charge < -0.3 is 19.6 Å². The van der Waals surface area contributed by atoms with Crippen LogP contribution in [0.2, 0.25) is 0 Å². The zero-order valence-electron chi connectivity index (χ0n) is 19.6. The third kappa shape index (κ3) is 4.76. The Morgan fingerprint density at radius 1 is 1.00 bits per heavy atom. The van der Waals surface area contributed by atoms with Crippen LogP contribution in [0.5, 0.6) is 0 Å². The molecule has 3 aliphatic heterocycles. The predicted octanol–water partition coefficient (Wildman–Crippen LogP) is 3.57. The molecule has 6 rings (SSSR count). The summed E-state index contributed by atoms with van der Waals surface area (Å²) in [5, 5.41) is 18.5. The highest BCUT2D eigenvalue weighted by molar-refractivity contribution is 7.08. The van der Waals surface area contributed by atoms with E-state index in [-0.39, 0.29) is 12.0 Å². The highest BCUT2D eigenvalue weighted by atomic mass is 32.1. The molecule has 1 amide bonds. The Kier molecular flexibility index (Phi) is 6.73. The second kappa shape index (κ2) is 9.93. The molecule has 6 nitrogen and oxygen atoms in total. The van der Waals surface area contributed by atoms with Crippen LogP contribution in [0.1, 0.15) is 34.3 Å². The van der Waals surface area contributed by atoms with E-state index in [1.807, 2.05) is 53.2 Å². The molecule has 3 aliphatic rings. The van der Waals surface area contributed by atoms with Crippen LogP contribution in [-0.2, 0) is 15.1 Å². The number of ether oxygens (including phenoxy) is 1. The van der Waals surface area contributed by atoms with E-state index >= 15 is 0 Å². The van der Waals surface area contributed by atoms with Crippen molar-refractivity contribution in [1.29, 1.82) is 0 Å². The molecule has 182 valence electrons. The van der Waals surface area contributed by atoms with Gasteiger partial charge in [-0.15, -0.1) is 0 Å². The number of fused-ring (bicyclic) bond motifs is 3. The maximum absolute atomic E-state index is 13.6. The van der Waals surface area contributed by atoms with Crippen LogP contribution in [-0.4, -0.2) is 60.3 Å². The Hall–Kier alpha value is -3.00. The van der Waals surface area contributed by atoms with Crippen LogP contribution in [0, 0.1) is 5.92 Å². The molecule has 3 saturated heterocycles. The summed E-state index contributed by atoms with van der Waals surface area (Å²) in [7, 11) is 0. The number of quaternary nitrogens is 1. The van der Waals surface area contributed by atoms with Gasteiger partial charge in [-0.1, -0.05) is 60.7 Å². The first kappa shape index (κ1) is 23.7. The molecule has 0 saturated carbocycles. The molecule has 0 unspecified atom stereocenters. The first-order valence-corrected chi connectivity index (χ1v) is 13.1. The summed E-state index contributed by atoms with van der Waals surface area (Å²) in [6, 6.07) is 19.8. The molecule has 7 heteroatoms. The first-order chi connectivity index (χ1) is 17.0. The summed E-state index contributed by atoms with van der Waals surface area (Å²) in [6.07, 6.45) is 1.70. The van der Waals surface area contributed by atoms with Gasteiger partial charge in [-0.05, 0) is 22.6 Å². The van der Waals surface area contributed by atoms with E-state index in [1.54, 1.807) is 24.3 Å². The molecule has 3 aromatic rings. The number of aliphatic hydroxyl groups is 1. The topological polar surface area (TPSA) is 75.6 Å². The zero-order chi connectivity index (χ0) is 24.3. The van der Waals surface area contributed by atoms with Gasteiger partial charge in [0.2, 0.25) is 5.60 Å². The lowest BCUT2D eigenvalue weighted by atomic mass is 9.82. The lowest BCUT2D eigenvalue weighted by Crippen LogP contribution is -2.66. The Morgan fingerprint density at radius 2 is 1.63 bits per heavy atom. The Bertz CT molecular complexity index is 1100. The first-order valence-electron chi connectivity index (χ1n) is 12.2. The van der Waals surface area contributed by atoms with E-state index in [2.05, 4.69) is 5.32 Å². The second-order valence-electron chi connectivity index (χ2n) is 9.69. The van der Waals surface area contributed by atoms with Crippen molar-refractivity contribution in [2.75, 3.05) is 32.7 Å². The average Bonchev–Trinajstić information content (AvgIpc) is 3.45. The number of thiophene rings is 1. The minimum atomic E-state index is -1.87. The number of rotatable bonds is 8. The fourth-order valence-corrected chi connectivity index (χ4v) is 6.19. The zero-order valence-corrected chi connectivity index (χ0v) is 20.5. The number of carbonyl (C=O) groups is 2. The molecule has 35 heavy (non-hydrogen) atoms. The fraction of sp³-hybridized carbons (Fsp3) is 0.357. The molecular formula is C28H31N2O4S+. The third-order valence-electron chi connectivity index (χ3n) is 7.63. The molecule has 2 N–H and O–H groups in total. The molecule has 2 aromatic carbocycles. The predicted molar refractivity (Wildman–Crippen MR) is 135 cm³/mol. The van der Waals surface area contributed by atoms with Crippen molar-refractivity contribution in [3.63, 3.8) is 0 Å². The maximum atomic E-state index is 13.6. The molecule has 0 spiro atoms. The molecular weight excluding hydrogens is 460 g/mol. The standard InChI is InChI=1S/C28H30N2O4S/c31-26(22-13-18-35-20-22)29-14-17-30-15-11-21(12-16-30)25(19-30)34-27(32)28(33,23-7-3-1-4-8-23)24-9-5-2-6-10-24/h1-10,13,18,20-21,25,33H,11-12,14-17,19H2/p+1/t21?,25-,30?/m0/s1. The van der Waals surface area contributed by atoms with E-state index in [0.717, 1.165) is 37.0 Å². The summed E-state index contributed by atoms with van der Waals surface area (Å²) >= 11 is 1.51. The van der Waals surface area contributed by atoms with Gasteiger partial charge in [0, 0.05) is 29.7 Å². The van der Waals surface area contributed by atoms with Crippen molar-refractivity contribution in [3.8, 4) is 0 Å². The van der Waals surface area contributed by atoms with E-state index in [1.165, 1.54) is 11.3 Å². The Balaban J connectivity index is 1.29. The van der Waals surface area contributed by atoms with Crippen LogP contribution in [0.3, 0.4) is 0 Å². The van der Waals surface area contributed by atoms with Gasteiger partial charge in [0.1, 0.15) is 6.54 Å². The number of piperidine rings is 3. The minimum absolute atomic E-state index is 0.0462. The average molecular weight is 492 g/mol. The number of carbonyl (C=O) groups excluding carboxylic acids is 2. The van der Waals surface area contributed by atoms with E-state index in [4.69, 9.17) is 4.74 Å². The highest BCUT2D eigenvalue weighted by Crippen LogP contribution is 2.38. The number of hydrogen-bond donors (Lipinski definition) is 2. The summed E-state index contributed by atoms with van der Waals surface area (Å²) in [4.78, 5) is 25.9. The molecule has 0 aliphatic carbocycles. The number of benzene rings is 2. The van der Waals surface area contributed by atoms with Gasteiger partial charge in [-0.3, -0.25) is 4.79 Å². The molecule has 0 radical (unpaired) electrons. The van der Waals surface area contributed by atoms with Gasteiger partial charge in [0.15, 0.2) is 6.10 Å². The minimum Gasteiger partial charge on any atom is -0.453 e. The molecule has 3 fully saturated rings. The van der Waals surface area contributed by atoms with E-state index in [0.29, 0.717) is 35.7 Å². The van der Waals surface area contributed by atoms with Crippen molar-refractivity contribution in [2.45, 2.75) is 24.5 Å². The van der Waals surface area contributed by atoms with E-state index < -0.39 is 11.6 Å². The van der Waals surface area contributed by atoms with Gasteiger partial charge >= 0.3 is 5.97 Å². The van der Waals surface area contributed by atoms with Gasteiger partial charge in [-0.25, -0.2) is 4.79 Å². The number of hydrogen-bond acceptors (Lipinski definition) is 5. The number of esters is 1. The van der Waals surface area contributed by atoms with Crippen LogP contribution >= 0.6 is 11.3 Å². The largest absolute Gasteiger partial charge is 0.453 e. The quantitative estimate of drug-likeness (QED) is 0.373. The van der Waals surface area contributed by atoms with Crippen molar-refractivity contribution in [2.24, 2.45) is 5.92 Å². The van der Waals surface area contributed by atoms with Crippen molar-refractivity contribution in [3.05, 3.63) is 94.2 Å². The van der Waals surface area contributed by atoms with Gasteiger partial charge in [-0.2, -0.15) is 11.3 Å². The lowest BCUT2D eigenvalue weighted by Gasteiger charge is -2.52. The lowest BCUT2D eigenvalue weighted by molar-refractivity contribution is -0.945. The third-order valence-corrected chi connectivity index (χ3v) is 8.32. The molecule has 2 bridgehead atoms. The normalized spacial score (nSPS) is 23.6. The van der Waals surface area contributed by atoms with Crippen LogP contribution in [0.4, 0.5) is 0 Å². The summed E-state index contributed by atoms with van der Waals surface area (Å²) in [5.74, 6) is -0.372. The van der Waals surface area contributed by atoms with E-state index in [9.17, 15) is 14.7 Å². The number of amides is 1. The summed E-state index contributed by atoms with van der Waals surface area (Å²) in [6.45, 7) is 4.14. The molecule has 4 heterocycles. The summed E-state index contributed by atoms with van der Waals surface area (Å²) in [5.41, 5.74) is -0.177.